The van der Waals surface area contributed by atoms with Crippen LogP contribution in [-0.2, 0) is 0 Å². The lowest BCUT2D eigenvalue weighted by Crippen LogP contribution is -1.94. The summed E-state index contributed by atoms with van der Waals surface area (Å²) in [6.07, 6.45) is 4.20. The van der Waals surface area contributed by atoms with Gasteiger partial charge in [0.25, 0.3) is 0 Å². The van der Waals surface area contributed by atoms with Gasteiger partial charge in [0, 0.05) is 12.4 Å². The monoisotopic (exact) mass is 253 g/mol. The number of carbonyl (C=O) groups excluding carboxylic acids is 1. The first kappa shape index (κ1) is 11.4. The third-order valence-electron chi connectivity index (χ3n) is 2.81. The number of rotatable bonds is 3. The van der Waals surface area contributed by atoms with Crippen molar-refractivity contribution >= 4 is 11.9 Å². The Morgan fingerprint density at radius 1 is 1.26 bits per heavy atom. The molecule has 3 heterocycles. The molecule has 0 saturated carbocycles. The molecule has 0 atom stereocenters. The number of aromatic nitrogens is 3. The molecule has 0 spiro atoms. The Balaban J connectivity index is 2.10. The van der Waals surface area contributed by atoms with Crippen LogP contribution in [-0.4, -0.2) is 20.7 Å². The van der Waals surface area contributed by atoms with Crippen molar-refractivity contribution in [2.45, 2.75) is 6.92 Å². The first-order valence-corrected chi connectivity index (χ1v) is 5.81. The van der Waals surface area contributed by atoms with Crippen molar-refractivity contribution in [3.05, 3.63) is 54.1 Å². The van der Waals surface area contributed by atoms with E-state index < -0.39 is 0 Å². The van der Waals surface area contributed by atoms with Crippen LogP contribution in [0, 0.1) is 6.92 Å². The van der Waals surface area contributed by atoms with Crippen LogP contribution in [0.5, 0.6) is 11.6 Å². The predicted octanol–water partition coefficient (Wildman–Crippen LogP) is 2.64. The minimum atomic E-state index is 0.289. The average Bonchev–Trinajstić information content (AvgIpc) is 2.78. The molecule has 0 fully saturated rings. The normalized spacial score (nSPS) is 10.6. The summed E-state index contributed by atoms with van der Waals surface area (Å²) in [7, 11) is 0. The summed E-state index contributed by atoms with van der Waals surface area (Å²) >= 11 is 0. The molecule has 94 valence electrons. The van der Waals surface area contributed by atoms with Gasteiger partial charge in [0.2, 0.25) is 5.88 Å². The molecule has 5 nitrogen and oxygen atoms in total. The molecule has 3 aromatic rings. The summed E-state index contributed by atoms with van der Waals surface area (Å²) < 4.78 is 7.38. The van der Waals surface area contributed by atoms with Gasteiger partial charge >= 0.3 is 0 Å². The quantitative estimate of drug-likeness (QED) is 0.673. The molecule has 0 bridgehead atoms. The van der Waals surface area contributed by atoms with Gasteiger partial charge in [0.1, 0.15) is 5.65 Å². The number of imidazole rings is 1. The lowest BCUT2D eigenvalue weighted by molar-refractivity contribution is 0.111. The third kappa shape index (κ3) is 1.95. The number of ether oxygens (including phenoxy) is 1. The van der Waals surface area contributed by atoms with E-state index in [0.717, 1.165) is 12.0 Å². The van der Waals surface area contributed by atoms with Crippen molar-refractivity contribution in [3.8, 4) is 11.6 Å². The Morgan fingerprint density at radius 3 is 2.95 bits per heavy atom. The number of aryl methyl sites for hydroxylation is 1. The highest BCUT2D eigenvalue weighted by Gasteiger charge is 2.14. The van der Waals surface area contributed by atoms with Gasteiger partial charge in [-0.2, -0.15) is 4.98 Å². The van der Waals surface area contributed by atoms with Crippen molar-refractivity contribution in [2.24, 2.45) is 0 Å². The largest absolute Gasteiger partial charge is 0.435 e. The fourth-order valence-electron chi connectivity index (χ4n) is 1.86. The van der Waals surface area contributed by atoms with E-state index in [9.17, 15) is 4.79 Å². The summed E-state index contributed by atoms with van der Waals surface area (Å²) in [6, 6.07) is 9.08. The van der Waals surface area contributed by atoms with Crippen molar-refractivity contribution in [3.63, 3.8) is 0 Å². The minimum absolute atomic E-state index is 0.289. The van der Waals surface area contributed by atoms with Crippen LogP contribution in [0.2, 0.25) is 0 Å². The lowest BCUT2D eigenvalue weighted by Gasteiger charge is -2.04. The van der Waals surface area contributed by atoms with Gasteiger partial charge in [-0.15, -0.1) is 0 Å². The highest BCUT2D eigenvalue weighted by Crippen LogP contribution is 2.26. The number of fused-ring (bicyclic) bond motifs is 1. The number of hydrogen-bond acceptors (Lipinski definition) is 4. The molecule has 0 amide bonds. The zero-order valence-corrected chi connectivity index (χ0v) is 10.3. The maximum absolute atomic E-state index is 11.2. The zero-order valence-electron chi connectivity index (χ0n) is 10.3. The van der Waals surface area contributed by atoms with E-state index in [0.29, 0.717) is 17.1 Å². The van der Waals surface area contributed by atoms with Crippen molar-refractivity contribution in [1.82, 2.24) is 14.4 Å². The molecular formula is C14H11N3O2. The Kier molecular flexibility index (Phi) is 2.72. The average molecular weight is 253 g/mol. The first-order chi connectivity index (χ1) is 9.29. The van der Waals surface area contributed by atoms with Crippen LogP contribution >= 0.6 is 0 Å². The van der Waals surface area contributed by atoms with E-state index in [1.807, 2.05) is 25.1 Å². The Bertz CT molecular complexity index is 749. The third-order valence-corrected chi connectivity index (χ3v) is 2.81. The van der Waals surface area contributed by atoms with Gasteiger partial charge in [-0.1, -0.05) is 6.07 Å². The Hall–Kier alpha value is -2.69. The van der Waals surface area contributed by atoms with Crippen LogP contribution in [0.3, 0.4) is 0 Å². The van der Waals surface area contributed by atoms with Crippen LogP contribution in [0.1, 0.15) is 16.2 Å². The smallest absolute Gasteiger partial charge is 0.249 e. The second-order valence-corrected chi connectivity index (χ2v) is 4.04. The molecule has 0 aliphatic rings. The summed E-state index contributed by atoms with van der Waals surface area (Å²) in [6.45, 7) is 1.84. The molecule has 0 unspecified atom stereocenters. The predicted molar refractivity (Wildman–Crippen MR) is 69.6 cm³/mol. The molecule has 3 aromatic heterocycles. The van der Waals surface area contributed by atoms with E-state index in [2.05, 4.69) is 9.97 Å². The zero-order chi connectivity index (χ0) is 13.2. The second kappa shape index (κ2) is 4.53. The first-order valence-electron chi connectivity index (χ1n) is 5.81. The molecule has 0 N–H and O–H groups in total. The molecule has 0 saturated heterocycles. The maximum atomic E-state index is 11.2. The highest BCUT2D eigenvalue weighted by molar-refractivity contribution is 5.78. The van der Waals surface area contributed by atoms with E-state index in [1.165, 1.54) is 0 Å². The Morgan fingerprint density at radius 2 is 2.16 bits per heavy atom. The van der Waals surface area contributed by atoms with Crippen molar-refractivity contribution in [2.75, 3.05) is 0 Å². The second-order valence-electron chi connectivity index (χ2n) is 4.04. The van der Waals surface area contributed by atoms with E-state index in [4.69, 9.17) is 4.74 Å². The van der Waals surface area contributed by atoms with Crippen molar-refractivity contribution in [1.29, 1.82) is 0 Å². The maximum Gasteiger partial charge on any atom is 0.249 e. The molecule has 5 heteroatoms. The number of nitrogens with zero attached hydrogens (tertiary/aromatic N) is 3. The van der Waals surface area contributed by atoms with Gasteiger partial charge in [-0.25, -0.2) is 0 Å². The van der Waals surface area contributed by atoms with Crippen LogP contribution in [0.25, 0.3) is 5.65 Å². The van der Waals surface area contributed by atoms with Gasteiger partial charge in [0.15, 0.2) is 17.7 Å². The van der Waals surface area contributed by atoms with E-state index in [1.54, 1.807) is 28.9 Å². The number of pyridine rings is 2. The SMILES string of the molecule is Cc1ncccc1Oc1nc2ccccn2c1C=O. The van der Waals surface area contributed by atoms with Crippen LogP contribution in [0.15, 0.2) is 42.7 Å². The number of aldehydes is 1. The lowest BCUT2D eigenvalue weighted by atomic mass is 10.3. The van der Waals surface area contributed by atoms with Gasteiger partial charge in [-0.05, 0) is 31.2 Å². The summed E-state index contributed by atoms with van der Waals surface area (Å²) in [5.41, 5.74) is 1.80. The molecule has 19 heavy (non-hydrogen) atoms. The fraction of sp³-hybridized carbons (Fsp3) is 0.0714. The summed E-state index contributed by atoms with van der Waals surface area (Å²) in [5.74, 6) is 0.881. The number of hydrogen-bond donors (Lipinski definition) is 0. The summed E-state index contributed by atoms with van der Waals surface area (Å²) in [5, 5.41) is 0. The van der Waals surface area contributed by atoms with Gasteiger partial charge in [0.05, 0.1) is 5.69 Å². The molecule has 0 aromatic carbocycles. The highest BCUT2D eigenvalue weighted by atomic mass is 16.5. The summed E-state index contributed by atoms with van der Waals surface area (Å²) in [4.78, 5) is 19.7. The van der Waals surface area contributed by atoms with Gasteiger partial charge in [-0.3, -0.25) is 14.2 Å². The van der Waals surface area contributed by atoms with Gasteiger partial charge < -0.3 is 4.74 Å². The standard InChI is InChI=1S/C14H11N3O2/c1-10-12(5-4-7-15-10)19-14-11(9-18)17-8-3-2-6-13(17)16-14/h2-9H,1H3. The van der Waals surface area contributed by atoms with Crippen molar-refractivity contribution < 1.29 is 9.53 Å². The molecule has 0 aliphatic carbocycles. The fourth-order valence-corrected chi connectivity index (χ4v) is 1.86. The van der Waals surface area contributed by atoms with E-state index in [-0.39, 0.29) is 5.88 Å². The minimum Gasteiger partial charge on any atom is -0.435 e. The topological polar surface area (TPSA) is 56.5 Å². The molecule has 3 rings (SSSR count). The molecule has 0 aliphatic heterocycles. The molecular weight excluding hydrogens is 242 g/mol. The molecule has 0 radical (unpaired) electrons. The Labute approximate surface area is 109 Å². The number of carbonyl (C=O) groups is 1. The van der Waals surface area contributed by atoms with Crippen LogP contribution < -0.4 is 4.74 Å². The van der Waals surface area contributed by atoms with E-state index >= 15 is 0 Å². The van der Waals surface area contributed by atoms with Crippen LogP contribution in [0.4, 0.5) is 0 Å².